The number of para-hydroxylation sites is 1. The molecular weight excluding hydrogens is 332 g/mol. The highest BCUT2D eigenvalue weighted by atomic mass is 16.6. The third-order valence-corrected chi connectivity index (χ3v) is 4.87. The maximum atomic E-state index is 13.1. The number of anilines is 1. The molecule has 1 atom stereocenters. The maximum Gasteiger partial charge on any atom is 0.269 e. The van der Waals surface area contributed by atoms with Gasteiger partial charge < -0.3 is 5.32 Å². The van der Waals surface area contributed by atoms with Gasteiger partial charge in [0.15, 0.2) is 5.78 Å². The van der Waals surface area contributed by atoms with E-state index in [0.717, 1.165) is 12.8 Å². The van der Waals surface area contributed by atoms with E-state index in [0.29, 0.717) is 23.2 Å². The zero-order chi connectivity index (χ0) is 18.7. The standard InChI is InChI=1S/C20H20N2O4/c1-2-3-8-18(23)20(13-14-9-11-15(12-10-14)22(25)26)16-6-4-5-7-17(16)21-19(20)24/h4-7,9-12H,2-3,8,13H2,1H3,(H,21,24). The third kappa shape index (κ3) is 2.98. The van der Waals surface area contributed by atoms with Crippen molar-refractivity contribution in [3.63, 3.8) is 0 Å². The first-order valence-electron chi connectivity index (χ1n) is 8.66. The molecule has 1 aliphatic heterocycles. The van der Waals surface area contributed by atoms with E-state index in [4.69, 9.17) is 0 Å². The van der Waals surface area contributed by atoms with Gasteiger partial charge in [0.05, 0.1) is 4.92 Å². The summed E-state index contributed by atoms with van der Waals surface area (Å²) in [7, 11) is 0. The van der Waals surface area contributed by atoms with Crippen molar-refractivity contribution in [2.24, 2.45) is 0 Å². The second-order valence-corrected chi connectivity index (χ2v) is 6.53. The van der Waals surface area contributed by atoms with Crippen LogP contribution in [0.15, 0.2) is 48.5 Å². The lowest BCUT2D eigenvalue weighted by Gasteiger charge is -2.26. The number of fused-ring (bicyclic) bond motifs is 1. The van der Waals surface area contributed by atoms with Crippen molar-refractivity contribution < 1.29 is 14.5 Å². The number of nitro groups is 1. The van der Waals surface area contributed by atoms with Gasteiger partial charge in [-0.1, -0.05) is 43.7 Å². The van der Waals surface area contributed by atoms with Crippen LogP contribution in [0.2, 0.25) is 0 Å². The number of carbonyl (C=O) groups is 2. The Morgan fingerprint density at radius 2 is 1.85 bits per heavy atom. The quantitative estimate of drug-likeness (QED) is 0.466. The number of nitrogens with zero attached hydrogens (tertiary/aromatic N) is 1. The largest absolute Gasteiger partial charge is 0.325 e. The van der Waals surface area contributed by atoms with Crippen LogP contribution in [0.5, 0.6) is 0 Å². The Bertz CT molecular complexity index is 860. The smallest absolute Gasteiger partial charge is 0.269 e. The second-order valence-electron chi connectivity index (χ2n) is 6.53. The van der Waals surface area contributed by atoms with Crippen molar-refractivity contribution in [3.05, 3.63) is 69.8 Å². The van der Waals surface area contributed by atoms with Crippen LogP contribution in [0, 0.1) is 10.1 Å². The predicted molar refractivity (Wildman–Crippen MR) is 98.1 cm³/mol. The Hall–Kier alpha value is -3.02. The molecular formula is C20H20N2O4. The van der Waals surface area contributed by atoms with Crippen molar-refractivity contribution in [3.8, 4) is 0 Å². The Labute approximate surface area is 151 Å². The van der Waals surface area contributed by atoms with Gasteiger partial charge in [-0.2, -0.15) is 0 Å². The average Bonchev–Trinajstić information content (AvgIpc) is 2.92. The summed E-state index contributed by atoms with van der Waals surface area (Å²) in [5.74, 6) is -0.432. The minimum absolute atomic E-state index is 0.0172. The zero-order valence-electron chi connectivity index (χ0n) is 14.5. The van der Waals surface area contributed by atoms with E-state index in [1.165, 1.54) is 12.1 Å². The molecule has 134 valence electrons. The van der Waals surface area contributed by atoms with Gasteiger partial charge in [0.2, 0.25) is 5.91 Å². The van der Waals surface area contributed by atoms with Crippen LogP contribution >= 0.6 is 0 Å². The summed E-state index contributed by atoms with van der Waals surface area (Å²) >= 11 is 0. The average molecular weight is 352 g/mol. The summed E-state index contributed by atoms with van der Waals surface area (Å²) in [6, 6.07) is 13.3. The SMILES string of the molecule is CCCCC(=O)C1(Cc2ccc([N+](=O)[O-])cc2)C(=O)Nc2ccccc21. The molecule has 1 aliphatic rings. The van der Waals surface area contributed by atoms with Crippen LogP contribution in [-0.2, 0) is 21.4 Å². The van der Waals surface area contributed by atoms with Gasteiger partial charge in [0.25, 0.3) is 5.69 Å². The Morgan fingerprint density at radius 1 is 1.15 bits per heavy atom. The number of ketones is 1. The lowest BCUT2D eigenvalue weighted by Crippen LogP contribution is -2.44. The van der Waals surface area contributed by atoms with E-state index < -0.39 is 10.3 Å². The fourth-order valence-electron chi connectivity index (χ4n) is 3.46. The van der Waals surface area contributed by atoms with Crippen molar-refractivity contribution in [2.45, 2.75) is 38.0 Å². The molecule has 2 aromatic rings. The van der Waals surface area contributed by atoms with Crippen LogP contribution in [0.3, 0.4) is 0 Å². The minimum Gasteiger partial charge on any atom is -0.325 e. The fourth-order valence-corrected chi connectivity index (χ4v) is 3.46. The van der Waals surface area contributed by atoms with Gasteiger partial charge in [-0.25, -0.2) is 0 Å². The number of carbonyl (C=O) groups excluding carboxylic acids is 2. The monoisotopic (exact) mass is 352 g/mol. The zero-order valence-corrected chi connectivity index (χ0v) is 14.5. The van der Waals surface area contributed by atoms with Gasteiger partial charge in [-0.15, -0.1) is 0 Å². The highest BCUT2D eigenvalue weighted by Gasteiger charge is 2.51. The number of hydrogen-bond donors (Lipinski definition) is 1. The lowest BCUT2D eigenvalue weighted by molar-refractivity contribution is -0.384. The maximum absolute atomic E-state index is 13.1. The van der Waals surface area contributed by atoms with E-state index in [2.05, 4.69) is 5.32 Å². The Balaban J connectivity index is 2.03. The molecule has 6 nitrogen and oxygen atoms in total. The van der Waals surface area contributed by atoms with Crippen LogP contribution in [0.4, 0.5) is 11.4 Å². The van der Waals surface area contributed by atoms with Crippen molar-refractivity contribution in [1.82, 2.24) is 0 Å². The number of unbranched alkanes of at least 4 members (excludes halogenated alkanes) is 1. The summed E-state index contributed by atoms with van der Waals surface area (Å²) in [6.07, 6.45) is 2.10. The Morgan fingerprint density at radius 3 is 2.50 bits per heavy atom. The van der Waals surface area contributed by atoms with E-state index in [-0.39, 0.29) is 23.8 Å². The number of non-ortho nitro benzene ring substituents is 1. The molecule has 1 amide bonds. The first-order valence-corrected chi connectivity index (χ1v) is 8.66. The molecule has 1 heterocycles. The molecule has 0 radical (unpaired) electrons. The number of Topliss-reactive ketones (excluding diaryl/α,β-unsaturated/α-hetero) is 1. The number of nitrogens with one attached hydrogen (secondary N) is 1. The van der Waals surface area contributed by atoms with Gasteiger partial charge in [-0.3, -0.25) is 19.7 Å². The van der Waals surface area contributed by atoms with Crippen molar-refractivity contribution >= 4 is 23.1 Å². The van der Waals surface area contributed by atoms with E-state index in [1.807, 2.05) is 25.1 Å². The van der Waals surface area contributed by atoms with Crippen LogP contribution < -0.4 is 5.32 Å². The molecule has 6 heteroatoms. The third-order valence-electron chi connectivity index (χ3n) is 4.87. The van der Waals surface area contributed by atoms with Crippen molar-refractivity contribution in [1.29, 1.82) is 0 Å². The van der Waals surface area contributed by atoms with Crippen molar-refractivity contribution in [2.75, 3.05) is 5.32 Å². The van der Waals surface area contributed by atoms with Gasteiger partial charge in [0, 0.05) is 24.2 Å². The highest BCUT2D eigenvalue weighted by molar-refractivity contribution is 6.21. The molecule has 0 aromatic heterocycles. The first kappa shape index (κ1) is 17.8. The molecule has 0 spiro atoms. The molecule has 0 saturated heterocycles. The van der Waals surface area contributed by atoms with Gasteiger partial charge in [0.1, 0.15) is 5.41 Å². The molecule has 1 N–H and O–H groups in total. The second kappa shape index (κ2) is 7.07. The molecule has 1 unspecified atom stereocenters. The first-order chi connectivity index (χ1) is 12.5. The Kier molecular flexibility index (Phi) is 4.84. The van der Waals surface area contributed by atoms with Gasteiger partial charge in [-0.05, 0) is 30.0 Å². The fraction of sp³-hybridized carbons (Fsp3) is 0.300. The minimum atomic E-state index is -1.28. The summed E-state index contributed by atoms with van der Waals surface area (Å²) in [5.41, 5.74) is 0.763. The van der Waals surface area contributed by atoms with E-state index in [9.17, 15) is 19.7 Å². The summed E-state index contributed by atoms with van der Waals surface area (Å²) in [4.78, 5) is 36.4. The van der Waals surface area contributed by atoms with E-state index >= 15 is 0 Å². The number of benzene rings is 2. The van der Waals surface area contributed by atoms with E-state index in [1.54, 1.807) is 18.2 Å². The topological polar surface area (TPSA) is 89.3 Å². The molecule has 0 bridgehead atoms. The predicted octanol–water partition coefficient (Wildman–Crippen LogP) is 3.79. The molecule has 3 rings (SSSR count). The molecule has 0 fully saturated rings. The summed E-state index contributed by atoms with van der Waals surface area (Å²) in [6.45, 7) is 2.00. The summed E-state index contributed by atoms with van der Waals surface area (Å²) < 4.78 is 0. The molecule has 0 saturated carbocycles. The number of hydrogen-bond acceptors (Lipinski definition) is 4. The van der Waals surface area contributed by atoms with Crippen LogP contribution in [0.1, 0.15) is 37.3 Å². The normalized spacial score (nSPS) is 18.3. The van der Waals surface area contributed by atoms with Crippen LogP contribution in [-0.4, -0.2) is 16.6 Å². The van der Waals surface area contributed by atoms with Crippen LogP contribution in [0.25, 0.3) is 0 Å². The van der Waals surface area contributed by atoms with Gasteiger partial charge >= 0.3 is 0 Å². The highest BCUT2D eigenvalue weighted by Crippen LogP contribution is 2.42. The lowest BCUT2D eigenvalue weighted by atomic mass is 9.72. The number of rotatable bonds is 7. The number of amides is 1. The summed E-state index contributed by atoms with van der Waals surface area (Å²) in [5, 5.41) is 13.7. The molecule has 0 aliphatic carbocycles. The molecule has 26 heavy (non-hydrogen) atoms. The molecule has 2 aromatic carbocycles. The number of nitro benzene ring substituents is 1.